The Kier molecular flexibility index (Phi) is 5.48. The number of nitro groups is 1. The van der Waals surface area contributed by atoms with Crippen LogP contribution in [0.3, 0.4) is 0 Å². The van der Waals surface area contributed by atoms with Gasteiger partial charge < -0.3 is 5.32 Å². The molecule has 0 fully saturated rings. The lowest BCUT2D eigenvalue weighted by Gasteiger charge is -2.01. The van der Waals surface area contributed by atoms with Gasteiger partial charge in [-0.2, -0.15) is 10.3 Å². The smallest absolute Gasteiger partial charge is 0.269 e. The first kappa shape index (κ1) is 18.9. The van der Waals surface area contributed by atoms with E-state index >= 15 is 0 Å². The van der Waals surface area contributed by atoms with Crippen molar-refractivity contribution < 1.29 is 18.1 Å². The van der Waals surface area contributed by atoms with Crippen molar-refractivity contribution in [1.82, 2.24) is 20.4 Å². The van der Waals surface area contributed by atoms with Gasteiger partial charge in [-0.3, -0.25) is 14.9 Å². The maximum absolute atomic E-state index is 12.6. The molecule has 2 N–H and O–H groups in total. The van der Waals surface area contributed by atoms with Gasteiger partial charge in [0.1, 0.15) is 9.24 Å². The number of aromatic amines is 1. The molecule has 0 saturated heterocycles. The lowest BCUT2D eigenvalue weighted by molar-refractivity contribution is -0.384. The van der Waals surface area contributed by atoms with Gasteiger partial charge in [0, 0.05) is 12.1 Å². The van der Waals surface area contributed by atoms with E-state index in [2.05, 4.69) is 25.7 Å². The molecule has 0 aliphatic rings. The van der Waals surface area contributed by atoms with E-state index in [-0.39, 0.29) is 31.6 Å². The fraction of sp³-hybridized carbons (Fsp3) is 0.0769. The van der Waals surface area contributed by atoms with E-state index in [0.29, 0.717) is 5.03 Å². The largest absolute Gasteiger partial charge is 0.301 e. The first-order chi connectivity index (χ1) is 12.9. The number of amides is 1. The van der Waals surface area contributed by atoms with E-state index < -0.39 is 14.8 Å². The number of non-ortho nitro benzene ring substituents is 1. The number of hydrogen-bond acceptors (Lipinski definition) is 10. The van der Waals surface area contributed by atoms with Crippen LogP contribution in [0.1, 0.15) is 0 Å². The predicted molar refractivity (Wildman–Crippen MR) is 96.4 cm³/mol. The number of benzene rings is 1. The third-order valence-corrected chi connectivity index (χ3v) is 7.14. The summed E-state index contributed by atoms with van der Waals surface area (Å²) in [6, 6.07) is 4.52. The van der Waals surface area contributed by atoms with Crippen molar-refractivity contribution in [3.8, 4) is 0 Å². The third-order valence-electron chi connectivity index (χ3n) is 3.10. The van der Waals surface area contributed by atoms with Crippen LogP contribution in [0.15, 0.2) is 50.8 Å². The molecular weight excluding hydrogens is 416 g/mol. The molecule has 0 aliphatic heterocycles. The minimum atomic E-state index is -3.89. The zero-order chi connectivity index (χ0) is 19.4. The molecule has 0 spiro atoms. The summed E-state index contributed by atoms with van der Waals surface area (Å²) in [5.74, 6) is -0.326. The summed E-state index contributed by atoms with van der Waals surface area (Å²) in [7, 11) is -3.89. The number of nitro benzene ring substituents is 1. The van der Waals surface area contributed by atoms with Gasteiger partial charge in [0.25, 0.3) is 5.69 Å². The molecule has 11 nitrogen and oxygen atoms in total. The Labute approximate surface area is 160 Å². The van der Waals surface area contributed by atoms with Crippen LogP contribution in [-0.2, 0) is 14.6 Å². The highest BCUT2D eigenvalue weighted by atomic mass is 32.2. The molecule has 1 aromatic carbocycles. The van der Waals surface area contributed by atoms with E-state index in [0.717, 1.165) is 53.6 Å². The van der Waals surface area contributed by atoms with Gasteiger partial charge in [-0.1, -0.05) is 23.1 Å². The highest BCUT2D eigenvalue weighted by Gasteiger charge is 2.22. The van der Waals surface area contributed by atoms with Crippen molar-refractivity contribution in [2.75, 3.05) is 11.1 Å². The van der Waals surface area contributed by atoms with Gasteiger partial charge in [-0.25, -0.2) is 13.4 Å². The Morgan fingerprint density at radius 3 is 2.67 bits per heavy atom. The molecule has 0 radical (unpaired) electrons. The molecular formula is C13H10N6O5S3. The first-order valence-corrected chi connectivity index (χ1v) is 10.4. The molecule has 0 saturated carbocycles. The Bertz CT molecular complexity index is 1060. The van der Waals surface area contributed by atoms with Crippen molar-refractivity contribution in [2.24, 2.45) is 0 Å². The van der Waals surface area contributed by atoms with Crippen LogP contribution < -0.4 is 5.32 Å². The zero-order valence-electron chi connectivity index (χ0n) is 13.2. The summed E-state index contributed by atoms with van der Waals surface area (Å²) in [5, 5.41) is 23.7. The van der Waals surface area contributed by atoms with Crippen LogP contribution in [0, 0.1) is 10.1 Å². The number of H-pyrrole nitrogens is 1. The number of carbonyl (C=O) groups excluding carboxylic acids is 1. The topological polar surface area (TPSA) is 161 Å². The summed E-state index contributed by atoms with van der Waals surface area (Å²) in [4.78, 5) is 25.7. The number of rotatable bonds is 7. The summed E-state index contributed by atoms with van der Waals surface area (Å²) in [6.45, 7) is 0. The summed E-state index contributed by atoms with van der Waals surface area (Å²) >= 11 is 1.94. The van der Waals surface area contributed by atoms with Gasteiger partial charge in [-0.15, -0.1) is 5.10 Å². The quantitative estimate of drug-likeness (QED) is 0.325. The Hall–Kier alpha value is -2.84. The highest BCUT2D eigenvalue weighted by Crippen LogP contribution is 2.29. The molecule has 2 aromatic heterocycles. The molecule has 0 unspecified atom stereocenters. The first-order valence-electron chi connectivity index (χ1n) is 7.10. The Balaban J connectivity index is 1.68. The van der Waals surface area contributed by atoms with Crippen molar-refractivity contribution in [3.05, 3.63) is 46.8 Å². The third kappa shape index (κ3) is 4.47. The second-order valence-corrected chi connectivity index (χ2v) is 9.09. The molecule has 3 aromatic rings. The number of nitrogens with one attached hydrogen (secondary N) is 2. The number of aromatic nitrogens is 4. The fourth-order valence-electron chi connectivity index (χ4n) is 1.86. The van der Waals surface area contributed by atoms with Crippen molar-refractivity contribution in [2.45, 2.75) is 14.1 Å². The highest BCUT2D eigenvalue weighted by molar-refractivity contribution is 7.99. The van der Waals surface area contributed by atoms with Crippen molar-refractivity contribution >= 4 is 49.7 Å². The maximum Gasteiger partial charge on any atom is 0.269 e. The molecule has 3 rings (SSSR count). The molecule has 1 amide bonds. The van der Waals surface area contributed by atoms with E-state index in [9.17, 15) is 23.3 Å². The number of nitrogens with zero attached hydrogens (tertiary/aromatic N) is 4. The number of anilines is 1. The average molecular weight is 426 g/mol. The molecule has 0 aliphatic carbocycles. The Morgan fingerprint density at radius 1 is 1.30 bits per heavy atom. The van der Waals surface area contributed by atoms with Crippen LogP contribution >= 0.6 is 23.1 Å². The van der Waals surface area contributed by atoms with Crippen LogP contribution in [0.5, 0.6) is 0 Å². The monoisotopic (exact) mass is 426 g/mol. The standard InChI is InChI=1S/C13H10N6O5S3/c20-10(7-25-11-5-15-18-17-11)16-13-14-6-12(26-13)27(23,24)9-3-1-8(2-4-9)19(21)22/h1-6H,7H2,(H,14,16,20)(H,15,17,18). The molecule has 27 heavy (non-hydrogen) atoms. The maximum atomic E-state index is 12.6. The van der Waals surface area contributed by atoms with E-state index in [1.807, 2.05) is 0 Å². The number of hydrogen-bond donors (Lipinski definition) is 2. The Morgan fingerprint density at radius 2 is 2.04 bits per heavy atom. The van der Waals surface area contributed by atoms with Gasteiger partial charge in [0.05, 0.1) is 28.0 Å². The fourth-order valence-corrected chi connectivity index (χ4v) is 4.89. The van der Waals surface area contributed by atoms with E-state index in [1.54, 1.807) is 0 Å². The minimum absolute atomic E-state index is 0.0521. The zero-order valence-corrected chi connectivity index (χ0v) is 15.7. The van der Waals surface area contributed by atoms with E-state index in [1.165, 1.54) is 6.20 Å². The second kappa shape index (κ2) is 7.81. The average Bonchev–Trinajstić information content (AvgIpc) is 3.32. The van der Waals surface area contributed by atoms with Crippen molar-refractivity contribution in [1.29, 1.82) is 0 Å². The molecule has 0 atom stereocenters. The predicted octanol–water partition coefficient (Wildman–Crippen LogP) is 1.73. The second-order valence-electron chi connectivity index (χ2n) is 4.88. The van der Waals surface area contributed by atoms with Crippen LogP contribution in [-0.4, -0.2) is 45.4 Å². The molecule has 140 valence electrons. The number of thiazole rings is 1. The minimum Gasteiger partial charge on any atom is -0.301 e. The van der Waals surface area contributed by atoms with Gasteiger partial charge in [-0.05, 0) is 12.1 Å². The van der Waals surface area contributed by atoms with Gasteiger partial charge in [0.2, 0.25) is 15.7 Å². The number of thioether (sulfide) groups is 1. The van der Waals surface area contributed by atoms with Gasteiger partial charge >= 0.3 is 0 Å². The van der Waals surface area contributed by atoms with Crippen LogP contribution in [0.4, 0.5) is 10.8 Å². The van der Waals surface area contributed by atoms with Crippen molar-refractivity contribution in [3.63, 3.8) is 0 Å². The van der Waals surface area contributed by atoms with Crippen LogP contribution in [0.25, 0.3) is 0 Å². The lowest BCUT2D eigenvalue weighted by Crippen LogP contribution is -2.13. The summed E-state index contributed by atoms with van der Waals surface area (Å²) < 4.78 is 25.0. The van der Waals surface area contributed by atoms with Gasteiger partial charge in [0.15, 0.2) is 5.13 Å². The number of sulfone groups is 1. The summed E-state index contributed by atoms with van der Waals surface area (Å²) in [6.07, 6.45) is 2.60. The molecule has 0 bridgehead atoms. The van der Waals surface area contributed by atoms with Crippen LogP contribution in [0.2, 0.25) is 0 Å². The number of carbonyl (C=O) groups is 1. The molecule has 2 heterocycles. The van der Waals surface area contributed by atoms with E-state index in [4.69, 9.17) is 0 Å². The lowest BCUT2D eigenvalue weighted by atomic mass is 10.3. The summed E-state index contributed by atoms with van der Waals surface area (Å²) in [5.41, 5.74) is -0.212. The molecule has 14 heteroatoms. The normalized spacial score (nSPS) is 11.3. The SMILES string of the molecule is O=C(CSc1cn[nH]n1)Nc1ncc(S(=O)(=O)c2ccc([N+](=O)[O-])cc2)s1.